The molecule has 8 heteroatoms. The minimum atomic E-state index is -3.63. The number of hydrogen-bond donors (Lipinski definition) is 1. The molecule has 0 aliphatic heterocycles. The number of halogens is 1. The van der Waals surface area contributed by atoms with Crippen LogP contribution in [0.15, 0.2) is 48.5 Å². The molecule has 152 valence electrons. The van der Waals surface area contributed by atoms with Crippen LogP contribution in [-0.4, -0.2) is 38.9 Å². The molecule has 5 nitrogen and oxygen atoms in total. The van der Waals surface area contributed by atoms with Gasteiger partial charge in [-0.1, -0.05) is 35.9 Å². The van der Waals surface area contributed by atoms with E-state index in [0.29, 0.717) is 29.3 Å². The molecule has 0 bridgehead atoms. The van der Waals surface area contributed by atoms with Gasteiger partial charge in [0.1, 0.15) is 11.9 Å². The van der Waals surface area contributed by atoms with Gasteiger partial charge in [-0.2, -0.15) is 11.8 Å². The lowest BCUT2D eigenvalue weighted by atomic mass is 10.2. The normalized spacial score (nSPS) is 12.4. The fourth-order valence-electron chi connectivity index (χ4n) is 2.69. The van der Waals surface area contributed by atoms with Gasteiger partial charge >= 0.3 is 0 Å². The van der Waals surface area contributed by atoms with Gasteiger partial charge in [-0.15, -0.1) is 0 Å². The predicted octanol–water partition coefficient (Wildman–Crippen LogP) is 3.34. The molecule has 1 atom stereocenters. The maximum atomic E-state index is 13.6. The van der Waals surface area contributed by atoms with Gasteiger partial charge in [-0.25, -0.2) is 12.8 Å². The molecule has 0 spiro atoms. The lowest BCUT2D eigenvalue weighted by molar-refractivity contribution is -0.121. The van der Waals surface area contributed by atoms with Crippen molar-refractivity contribution in [2.75, 3.05) is 22.9 Å². The first-order valence-corrected chi connectivity index (χ1v) is 11.9. The summed E-state index contributed by atoms with van der Waals surface area (Å²) in [7, 11) is -3.63. The van der Waals surface area contributed by atoms with Crippen molar-refractivity contribution in [3.63, 3.8) is 0 Å². The highest BCUT2D eigenvalue weighted by atomic mass is 32.2. The molecular weight excluding hydrogens is 399 g/mol. The molecule has 0 aliphatic rings. The minimum Gasteiger partial charge on any atom is -0.353 e. The van der Waals surface area contributed by atoms with Crippen molar-refractivity contribution in [2.24, 2.45) is 0 Å². The summed E-state index contributed by atoms with van der Waals surface area (Å²) >= 11 is 1.50. The molecule has 0 saturated heterocycles. The van der Waals surface area contributed by atoms with Crippen molar-refractivity contribution in [3.05, 3.63) is 65.5 Å². The van der Waals surface area contributed by atoms with Gasteiger partial charge in [0.15, 0.2) is 0 Å². The number of sulfonamides is 1. The average molecular weight is 425 g/mol. The molecule has 0 aliphatic carbocycles. The second kappa shape index (κ2) is 9.93. The van der Waals surface area contributed by atoms with E-state index in [-0.39, 0.29) is 11.7 Å². The first kappa shape index (κ1) is 22.2. The number of thioether (sulfide) groups is 1. The van der Waals surface area contributed by atoms with Crippen LogP contribution in [0.25, 0.3) is 0 Å². The Morgan fingerprint density at radius 2 is 1.82 bits per heavy atom. The molecule has 28 heavy (non-hydrogen) atoms. The van der Waals surface area contributed by atoms with Crippen LogP contribution in [0.3, 0.4) is 0 Å². The summed E-state index contributed by atoms with van der Waals surface area (Å²) in [5.74, 6) is 0.486. The van der Waals surface area contributed by atoms with Crippen LogP contribution < -0.4 is 9.62 Å². The summed E-state index contributed by atoms with van der Waals surface area (Å²) in [6.07, 6.45) is 1.08. The molecule has 0 heterocycles. The highest BCUT2D eigenvalue weighted by molar-refractivity contribution is 7.98. The number of hydrogen-bond acceptors (Lipinski definition) is 4. The van der Waals surface area contributed by atoms with Crippen molar-refractivity contribution in [1.82, 2.24) is 5.32 Å². The van der Waals surface area contributed by atoms with Gasteiger partial charge in [0.25, 0.3) is 0 Å². The van der Waals surface area contributed by atoms with E-state index in [1.165, 1.54) is 17.8 Å². The molecule has 1 N–H and O–H groups in total. The van der Waals surface area contributed by atoms with E-state index in [1.807, 2.05) is 6.92 Å². The van der Waals surface area contributed by atoms with E-state index in [0.717, 1.165) is 16.1 Å². The zero-order valence-electron chi connectivity index (χ0n) is 16.2. The Bertz CT molecular complexity index is 902. The number of nitrogens with one attached hydrogen (secondary N) is 1. The first-order valence-electron chi connectivity index (χ1n) is 8.85. The van der Waals surface area contributed by atoms with Crippen LogP contribution in [0, 0.1) is 12.7 Å². The number of carbonyl (C=O) groups excluding carboxylic acids is 1. The Labute approximate surface area is 170 Å². The number of rotatable bonds is 9. The van der Waals surface area contributed by atoms with Crippen LogP contribution >= 0.6 is 11.8 Å². The second-order valence-electron chi connectivity index (χ2n) is 6.51. The van der Waals surface area contributed by atoms with E-state index in [9.17, 15) is 17.6 Å². The monoisotopic (exact) mass is 424 g/mol. The number of nitrogens with zero attached hydrogens (tertiary/aromatic N) is 1. The topological polar surface area (TPSA) is 66.5 Å². The van der Waals surface area contributed by atoms with Crippen LogP contribution in [0.5, 0.6) is 0 Å². The Balaban J connectivity index is 1.90. The van der Waals surface area contributed by atoms with Gasteiger partial charge in [0.05, 0.1) is 11.9 Å². The molecule has 2 rings (SSSR count). The van der Waals surface area contributed by atoms with Crippen molar-refractivity contribution in [1.29, 1.82) is 0 Å². The third-order valence-electron chi connectivity index (χ3n) is 4.14. The fourth-order valence-corrected chi connectivity index (χ4v) is 4.71. The number of carbonyl (C=O) groups is 1. The molecule has 0 radical (unpaired) electrons. The summed E-state index contributed by atoms with van der Waals surface area (Å²) in [6.45, 7) is 3.83. The maximum absolute atomic E-state index is 13.6. The zero-order chi connectivity index (χ0) is 20.7. The summed E-state index contributed by atoms with van der Waals surface area (Å²) in [6, 6.07) is 12.7. The third kappa shape index (κ3) is 6.24. The molecule has 2 aromatic carbocycles. The molecule has 1 unspecified atom stereocenters. The lowest BCUT2D eigenvalue weighted by Gasteiger charge is -2.28. The fraction of sp³-hybridized carbons (Fsp3) is 0.350. The van der Waals surface area contributed by atoms with Crippen molar-refractivity contribution in [3.8, 4) is 0 Å². The summed E-state index contributed by atoms with van der Waals surface area (Å²) in [5, 5.41) is 2.76. The number of benzene rings is 2. The minimum absolute atomic E-state index is 0.241. The average Bonchev–Trinajstić information content (AvgIpc) is 2.63. The van der Waals surface area contributed by atoms with Crippen LogP contribution in [0.1, 0.15) is 18.1 Å². The predicted molar refractivity (Wildman–Crippen MR) is 114 cm³/mol. The van der Waals surface area contributed by atoms with Gasteiger partial charge in [-0.05, 0) is 37.6 Å². The van der Waals surface area contributed by atoms with E-state index in [2.05, 4.69) is 5.32 Å². The van der Waals surface area contributed by atoms with Crippen LogP contribution in [0.4, 0.5) is 10.1 Å². The van der Waals surface area contributed by atoms with E-state index in [1.54, 1.807) is 49.4 Å². The molecule has 1 amide bonds. The zero-order valence-corrected chi connectivity index (χ0v) is 17.8. The Morgan fingerprint density at radius 3 is 2.43 bits per heavy atom. The van der Waals surface area contributed by atoms with E-state index < -0.39 is 16.1 Å². The van der Waals surface area contributed by atoms with Gasteiger partial charge in [0, 0.05) is 18.1 Å². The Morgan fingerprint density at radius 1 is 1.18 bits per heavy atom. The molecule has 0 fully saturated rings. The molecule has 2 aromatic rings. The lowest BCUT2D eigenvalue weighted by Crippen LogP contribution is -2.48. The second-order valence-corrected chi connectivity index (χ2v) is 9.47. The maximum Gasteiger partial charge on any atom is 0.243 e. The van der Waals surface area contributed by atoms with Gasteiger partial charge < -0.3 is 5.32 Å². The highest BCUT2D eigenvalue weighted by Gasteiger charge is 2.28. The first-order chi connectivity index (χ1) is 13.2. The van der Waals surface area contributed by atoms with Gasteiger partial charge in [0.2, 0.25) is 15.9 Å². The smallest absolute Gasteiger partial charge is 0.243 e. The third-order valence-corrected chi connectivity index (χ3v) is 6.39. The molecule has 0 aromatic heterocycles. The Hall–Kier alpha value is -2.06. The SMILES string of the molecule is Cc1ccc(N(C(C)C(=O)NCCSCc2ccccc2F)S(C)(=O)=O)cc1. The largest absolute Gasteiger partial charge is 0.353 e. The van der Waals surface area contributed by atoms with Crippen molar-refractivity contribution in [2.45, 2.75) is 25.6 Å². The number of anilines is 1. The number of aryl methyl sites for hydroxylation is 1. The van der Waals surface area contributed by atoms with Crippen LogP contribution in [0.2, 0.25) is 0 Å². The number of amides is 1. The van der Waals surface area contributed by atoms with E-state index in [4.69, 9.17) is 0 Å². The summed E-state index contributed by atoms with van der Waals surface area (Å²) in [5.41, 5.74) is 2.07. The summed E-state index contributed by atoms with van der Waals surface area (Å²) < 4.78 is 39.2. The van der Waals surface area contributed by atoms with Crippen molar-refractivity contribution >= 4 is 33.4 Å². The standard InChI is InChI=1S/C20H25FN2O3S2/c1-15-8-10-18(11-9-15)23(28(3,25)26)16(2)20(24)22-12-13-27-14-17-6-4-5-7-19(17)21/h4-11,16H,12-14H2,1-3H3,(H,22,24). The molecule has 0 saturated carbocycles. The highest BCUT2D eigenvalue weighted by Crippen LogP contribution is 2.21. The van der Waals surface area contributed by atoms with Gasteiger partial charge in [-0.3, -0.25) is 9.10 Å². The molecular formula is C20H25FN2O3S2. The van der Waals surface area contributed by atoms with E-state index >= 15 is 0 Å². The Kier molecular flexibility index (Phi) is 7.88. The quantitative estimate of drug-likeness (QED) is 0.627. The van der Waals surface area contributed by atoms with Crippen molar-refractivity contribution < 1.29 is 17.6 Å². The van der Waals surface area contributed by atoms with Crippen LogP contribution in [-0.2, 0) is 20.6 Å². The summed E-state index contributed by atoms with van der Waals surface area (Å²) in [4.78, 5) is 12.5.